The number of hydrogen-bond donors (Lipinski definition) is 0. The van der Waals surface area contributed by atoms with Gasteiger partial charge in [-0.3, -0.25) is 0 Å². The molecule has 0 bridgehead atoms. The molecule has 2 heterocycles. The van der Waals surface area contributed by atoms with Crippen LogP contribution in [-0.4, -0.2) is 25.4 Å². The van der Waals surface area contributed by atoms with Gasteiger partial charge in [0.2, 0.25) is 0 Å². The van der Waals surface area contributed by atoms with Crippen LogP contribution in [0.4, 0.5) is 0 Å². The van der Waals surface area contributed by atoms with Crippen LogP contribution in [0.5, 0.6) is 0 Å². The molecule has 3 aliphatic rings. The summed E-state index contributed by atoms with van der Waals surface area (Å²) in [6.07, 6.45) is 13.2. The van der Waals surface area contributed by atoms with Crippen molar-refractivity contribution in [2.24, 2.45) is 11.8 Å². The zero-order valence-corrected chi connectivity index (χ0v) is 10.9. The van der Waals surface area contributed by atoms with Crippen LogP contribution >= 0.6 is 0 Å². The predicted octanol–water partition coefficient (Wildman–Crippen LogP) is 3.54. The molecule has 0 aromatic heterocycles. The van der Waals surface area contributed by atoms with E-state index < -0.39 is 0 Å². The number of hydrogen-bond acceptors (Lipinski definition) is 2. The standard InChI is InChI=1S/C15H26O2/c1-3-9-16-14(5-1)12-7-8-13(11-12)15-6-2-4-10-17-15/h12-15H,1-11H2. The van der Waals surface area contributed by atoms with Crippen LogP contribution in [0.3, 0.4) is 0 Å². The van der Waals surface area contributed by atoms with E-state index in [1.54, 1.807) is 0 Å². The fourth-order valence-corrected chi connectivity index (χ4v) is 4.00. The van der Waals surface area contributed by atoms with Crippen LogP contribution < -0.4 is 0 Å². The van der Waals surface area contributed by atoms with Gasteiger partial charge in [-0.05, 0) is 69.6 Å². The Kier molecular flexibility index (Phi) is 4.02. The molecule has 3 fully saturated rings. The van der Waals surface area contributed by atoms with E-state index in [1.807, 2.05) is 0 Å². The maximum Gasteiger partial charge on any atom is 0.0603 e. The Morgan fingerprint density at radius 1 is 0.588 bits per heavy atom. The summed E-state index contributed by atoms with van der Waals surface area (Å²) in [6, 6.07) is 0. The first-order valence-corrected chi connectivity index (χ1v) is 7.66. The lowest BCUT2D eigenvalue weighted by Crippen LogP contribution is -2.29. The molecule has 0 aromatic carbocycles. The molecule has 17 heavy (non-hydrogen) atoms. The minimum absolute atomic E-state index is 0.581. The normalized spacial score (nSPS) is 43.8. The van der Waals surface area contributed by atoms with E-state index in [1.165, 1.54) is 57.8 Å². The van der Waals surface area contributed by atoms with Crippen molar-refractivity contribution in [3.8, 4) is 0 Å². The maximum atomic E-state index is 5.96. The highest BCUT2D eigenvalue weighted by atomic mass is 16.5. The summed E-state index contributed by atoms with van der Waals surface area (Å²) in [4.78, 5) is 0. The van der Waals surface area contributed by atoms with Gasteiger partial charge in [-0.25, -0.2) is 0 Å². The summed E-state index contributed by atoms with van der Waals surface area (Å²) in [5, 5.41) is 0. The summed E-state index contributed by atoms with van der Waals surface area (Å²) in [7, 11) is 0. The second-order valence-electron chi connectivity index (χ2n) is 6.14. The Balaban J connectivity index is 1.50. The molecule has 0 amide bonds. The fourth-order valence-electron chi connectivity index (χ4n) is 4.00. The Morgan fingerprint density at radius 2 is 1.12 bits per heavy atom. The lowest BCUT2D eigenvalue weighted by molar-refractivity contribution is -0.0353. The molecule has 0 N–H and O–H groups in total. The van der Waals surface area contributed by atoms with Crippen LogP contribution in [-0.2, 0) is 9.47 Å². The Hall–Kier alpha value is -0.0800. The van der Waals surface area contributed by atoms with Crippen LogP contribution in [0.1, 0.15) is 57.8 Å². The van der Waals surface area contributed by atoms with Gasteiger partial charge in [0, 0.05) is 13.2 Å². The van der Waals surface area contributed by atoms with Gasteiger partial charge in [-0.1, -0.05) is 0 Å². The van der Waals surface area contributed by atoms with E-state index in [-0.39, 0.29) is 0 Å². The molecule has 4 unspecified atom stereocenters. The first-order valence-electron chi connectivity index (χ1n) is 7.66. The van der Waals surface area contributed by atoms with E-state index >= 15 is 0 Å². The van der Waals surface area contributed by atoms with Crippen molar-refractivity contribution >= 4 is 0 Å². The van der Waals surface area contributed by atoms with Gasteiger partial charge < -0.3 is 9.47 Å². The zero-order chi connectivity index (χ0) is 11.5. The molecule has 1 saturated carbocycles. The number of rotatable bonds is 2. The lowest BCUT2D eigenvalue weighted by Gasteiger charge is -2.30. The van der Waals surface area contributed by atoms with Gasteiger partial charge in [-0.2, -0.15) is 0 Å². The predicted molar refractivity (Wildman–Crippen MR) is 68.0 cm³/mol. The highest BCUT2D eigenvalue weighted by Crippen LogP contribution is 2.41. The van der Waals surface area contributed by atoms with Crippen molar-refractivity contribution in [3.05, 3.63) is 0 Å². The zero-order valence-electron chi connectivity index (χ0n) is 10.9. The highest BCUT2D eigenvalue weighted by molar-refractivity contribution is 4.87. The smallest absolute Gasteiger partial charge is 0.0603 e. The van der Waals surface area contributed by atoms with Gasteiger partial charge >= 0.3 is 0 Å². The third-order valence-electron chi connectivity index (χ3n) is 5.00. The average Bonchev–Trinajstić information content (AvgIpc) is 2.90. The van der Waals surface area contributed by atoms with E-state index in [4.69, 9.17) is 9.47 Å². The molecule has 98 valence electrons. The fraction of sp³-hybridized carbons (Fsp3) is 1.00. The van der Waals surface area contributed by atoms with E-state index in [9.17, 15) is 0 Å². The Morgan fingerprint density at radius 3 is 1.53 bits per heavy atom. The molecule has 2 nitrogen and oxygen atoms in total. The van der Waals surface area contributed by atoms with Crippen molar-refractivity contribution in [1.29, 1.82) is 0 Å². The first kappa shape index (κ1) is 12.0. The summed E-state index contributed by atoms with van der Waals surface area (Å²) in [6.45, 7) is 2.01. The second-order valence-corrected chi connectivity index (χ2v) is 6.14. The van der Waals surface area contributed by atoms with Crippen molar-refractivity contribution < 1.29 is 9.47 Å². The summed E-state index contributed by atoms with van der Waals surface area (Å²) >= 11 is 0. The van der Waals surface area contributed by atoms with Gasteiger partial charge in [0.05, 0.1) is 12.2 Å². The average molecular weight is 238 g/mol. The molecule has 0 radical (unpaired) electrons. The molecule has 2 aliphatic heterocycles. The van der Waals surface area contributed by atoms with Crippen LogP contribution in [0, 0.1) is 11.8 Å². The van der Waals surface area contributed by atoms with Gasteiger partial charge in [-0.15, -0.1) is 0 Å². The minimum Gasteiger partial charge on any atom is -0.378 e. The van der Waals surface area contributed by atoms with Crippen LogP contribution in [0.25, 0.3) is 0 Å². The van der Waals surface area contributed by atoms with Crippen LogP contribution in [0.2, 0.25) is 0 Å². The van der Waals surface area contributed by atoms with Crippen molar-refractivity contribution in [1.82, 2.24) is 0 Å². The Bertz CT molecular complexity index is 205. The summed E-state index contributed by atoms with van der Waals surface area (Å²) < 4.78 is 11.9. The largest absolute Gasteiger partial charge is 0.378 e. The molecular weight excluding hydrogens is 212 g/mol. The molecule has 0 aromatic rings. The quantitative estimate of drug-likeness (QED) is 0.732. The molecule has 2 saturated heterocycles. The van der Waals surface area contributed by atoms with E-state index in [2.05, 4.69) is 0 Å². The third-order valence-corrected chi connectivity index (χ3v) is 5.00. The van der Waals surface area contributed by atoms with E-state index in [0.717, 1.165) is 25.0 Å². The summed E-state index contributed by atoms with van der Waals surface area (Å²) in [5.41, 5.74) is 0. The monoisotopic (exact) mass is 238 g/mol. The topological polar surface area (TPSA) is 18.5 Å². The third kappa shape index (κ3) is 2.85. The van der Waals surface area contributed by atoms with Crippen molar-refractivity contribution in [2.45, 2.75) is 70.0 Å². The van der Waals surface area contributed by atoms with Gasteiger partial charge in [0.25, 0.3) is 0 Å². The summed E-state index contributed by atoms with van der Waals surface area (Å²) in [5.74, 6) is 1.68. The minimum atomic E-state index is 0.581. The first-order chi connectivity index (χ1) is 8.43. The van der Waals surface area contributed by atoms with Crippen LogP contribution in [0.15, 0.2) is 0 Å². The molecule has 3 rings (SSSR count). The van der Waals surface area contributed by atoms with Gasteiger partial charge in [0.1, 0.15) is 0 Å². The SMILES string of the molecule is C1CCC(C2CCC(C3CCCCO3)C2)OC1. The molecule has 4 atom stereocenters. The number of ether oxygens (including phenoxy) is 2. The molecular formula is C15H26O2. The van der Waals surface area contributed by atoms with Crippen molar-refractivity contribution in [3.63, 3.8) is 0 Å². The lowest BCUT2D eigenvalue weighted by atomic mass is 9.90. The Labute approximate surface area is 105 Å². The van der Waals surface area contributed by atoms with Gasteiger partial charge in [0.15, 0.2) is 0 Å². The maximum absolute atomic E-state index is 5.96. The van der Waals surface area contributed by atoms with E-state index in [0.29, 0.717) is 12.2 Å². The van der Waals surface area contributed by atoms with Crippen molar-refractivity contribution in [2.75, 3.05) is 13.2 Å². The second kappa shape index (κ2) is 5.71. The highest BCUT2D eigenvalue weighted by Gasteiger charge is 2.36. The molecule has 1 aliphatic carbocycles. The molecule has 2 heteroatoms. The molecule has 0 spiro atoms.